The number of likely N-dealkylation sites (tertiary alicyclic amines) is 1. The lowest BCUT2D eigenvalue weighted by Crippen LogP contribution is -2.70. The van der Waals surface area contributed by atoms with Gasteiger partial charge in [-0.1, -0.05) is 54.6 Å². The molecule has 2 bridgehead atoms. The number of benzene rings is 2. The van der Waals surface area contributed by atoms with Crippen molar-refractivity contribution >= 4 is 29.8 Å². The molecule has 1 aliphatic carbocycles. The van der Waals surface area contributed by atoms with Gasteiger partial charge in [-0.25, -0.2) is 0 Å². The number of allylic oxidation sites excluding steroid dienone is 1. The zero-order chi connectivity index (χ0) is 38.2. The fraction of sp³-hybridized carbons (Fsp3) is 0.550. The third-order valence-electron chi connectivity index (χ3n) is 11.0. The number of phenolic OH excluding ortho intramolecular Hbond substituents is 1. The Morgan fingerprint density at radius 3 is 2.57 bits per heavy atom. The number of hydroxylamine groups is 2. The molecule has 8 atom stereocenters. The van der Waals surface area contributed by atoms with E-state index in [-0.39, 0.29) is 44.9 Å². The lowest BCUT2D eigenvalue weighted by Gasteiger charge is -2.50. The van der Waals surface area contributed by atoms with Gasteiger partial charge >= 0.3 is 11.9 Å². The van der Waals surface area contributed by atoms with Crippen LogP contribution in [-0.2, 0) is 55.9 Å². The highest BCUT2D eigenvalue weighted by Gasteiger charge is 2.75. The molecule has 0 radical (unpaired) electrons. The normalized spacial score (nSPS) is 29.6. The molecule has 14 heteroatoms. The van der Waals surface area contributed by atoms with E-state index in [1.54, 1.807) is 32.9 Å². The van der Waals surface area contributed by atoms with E-state index in [0.717, 1.165) is 16.7 Å². The minimum atomic E-state index is -1.43. The number of aliphatic hydroxyl groups excluding tert-OH is 1. The van der Waals surface area contributed by atoms with Crippen molar-refractivity contribution in [2.75, 3.05) is 19.9 Å². The summed E-state index contributed by atoms with van der Waals surface area (Å²) in [7, 11) is 0. The van der Waals surface area contributed by atoms with Crippen molar-refractivity contribution in [3.8, 4) is 5.75 Å². The predicted molar refractivity (Wildman–Crippen MR) is 192 cm³/mol. The molecule has 0 unspecified atom stereocenters. The average molecular weight is 748 g/mol. The Morgan fingerprint density at radius 1 is 1.07 bits per heavy atom. The van der Waals surface area contributed by atoms with Crippen molar-refractivity contribution in [2.24, 2.45) is 5.41 Å². The van der Waals surface area contributed by atoms with Gasteiger partial charge in [-0.2, -0.15) is 5.06 Å². The molecule has 0 aromatic heterocycles. The standard InChI is InChI=1S/C40H49N3O11/c1-39(2,3)53-31(46)18-17-27(22-44)41-36(47)28-15-9-19-42(28)38(49)40-20-30-32-33(51-23-50-32)35(40)54-43(34(40)37(48)52-30)21-26-12-5-4-10-24(26)13-8-14-25-11-6-7-16-29(25)45/h4-8,10-13,16,27-28,30,32-35,44-45H,9,14-15,17-23H2,1-3H3,(H,41,47)/t27-,28+,30+,32-,33-,34-,35+,40-/m0/s1. The molecule has 4 saturated heterocycles. The van der Waals surface area contributed by atoms with Gasteiger partial charge in [-0.05, 0) is 69.2 Å². The van der Waals surface area contributed by atoms with Crippen LogP contribution in [0.4, 0.5) is 0 Å². The molecular formula is C40H49N3O11. The monoisotopic (exact) mass is 747 g/mol. The van der Waals surface area contributed by atoms with E-state index >= 15 is 4.79 Å². The number of esters is 2. The second-order valence-electron chi connectivity index (χ2n) is 15.7. The highest BCUT2D eigenvalue weighted by molar-refractivity contribution is 5.96. The van der Waals surface area contributed by atoms with Crippen molar-refractivity contribution in [3.63, 3.8) is 0 Å². The summed E-state index contributed by atoms with van der Waals surface area (Å²) in [6.07, 6.45) is 2.71. The molecule has 290 valence electrons. The van der Waals surface area contributed by atoms with Gasteiger partial charge in [-0.15, -0.1) is 0 Å². The number of fused-ring (bicyclic) bond motifs is 4. The molecule has 54 heavy (non-hydrogen) atoms. The summed E-state index contributed by atoms with van der Waals surface area (Å²) in [5, 5.41) is 24.7. The van der Waals surface area contributed by atoms with E-state index in [4.69, 9.17) is 23.8 Å². The van der Waals surface area contributed by atoms with Crippen LogP contribution in [0.2, 0.25) is 0 Å². The third kappa shape index (κ3) is 7.37. The van der Waals surface area contributed by atoms with Crippen LogP contribution in [0.3, 0.4) is 0 Å². The number of amides is 2. The van der Waals surface area contributed by atoms with E-state index in [2.05, 4.69) is 5.32 Å². The summed E-state index contributed by atoms with van der Waals surface area (Å²) < 4.78 is 23.2. The Morgan fingerprint density at radius 2 is 1.81 bits per heavy atom. The van der Waals surface area contributed by atoms with Crippen LogP contribution < -0.4 is 5.32 Å². The number of hydrogen-bond donors (Lipinski definition) is 3. The molecule has 2 amide bonds. The van der Waals surface area contributed by atoms with Crippen LogP contribution in [0.25, 0.3) is 6.08 Å². The quantitative estimate of drug-likeness (QED) is 0.272. The smallest absolute Gasteiger partial charge is 0.327 e. The molecule has 3 N–H and O–H groups in total. The number of nitrogens with one attached hydrogen (secondary N) is 1. The summed E-state index contributed by atoms with van der Waals surface area (Å²) in [5.41, 5.74) is 0.399. The van der Waals surface area contributed by atoms with Gasteiger partial charge in [0, 0.05) is 19.4 Å². The zero-order valence-corrected chi connectivity index (χ0v) is 30.8. The molecule has 1 saturated carbocycles. The Hall–Kier alpha value is -4.34. The van der Waals surface area contributed by atoms with Crippen molar-refractivity contribution in [1.29, 1.82) is 0 Å². The fourth-order valence-corrected chi connectivity index (χ4v) is 8.56. The number of carbonyl (C=O) groups is 4. The highest BCUT2D eigenvalue weighted by Crippen LogP contribution is 2.56. The second kappa shape index (κ2) is 15.4. The Balaban J connectivity index is 1.12. The van der Waals surface area contributed by atoms with Crippen molar-refractivity contribution < 1.29 is 53.2 Å². The first kappa shape index (κ1) is 38.0. The van der Waals surface area contributed by atoms with E-state index in [0.29, 0.717) is 19.3 Å². The first-order valence-corrected chi connectivity index (χ1v) is 18.7. The van der Waals surface area contributed by atoms with Crippen LogP contribution in [0.5, 0.6) is 5.75 Å². The Bertz CT molecular complexity index is 1780. The van der Waals surface area contributed by atoms with E-state index in [1.807, 2.05) is 48.6 Å². The molecule has 0 spiro atoms. The lowest BCUT2D eigenvalue weighted by atomic mass is 9.62. The largest absolute Gasteiger partial charge is 0.508 e. The molecule has 2 aromatic carbocycles. The number of aromatic hydroxyl groups is 1. The predicted octanol–water partition coefficient (Wildman–Crippen LogP) is 2.78. The van der Waals surface area contributed by atoms with E-state index in [9.17, 15) is 24.6 Å². The summed E-state index contributed by atoms with van der Waals surface area (Å²) in [6.45, 7) is 5.29. The SMILES string of the molecule is CC(C)(C)OC(=O)CC[C@@H](CO)NC(=O)[C@H]1CCCN1C(=O)[C@@]12C[C@H]3OC(=O)[C@@H]1N(Cc1ccccc1C=CCc1ccccc1O)O[C@@H]2[C@H]1OCO[C@H]13. The summed E-state index contributed by atoms with van der Waals surface area (Å²) in [6, 6.07) is 12.1. The number of para-hydroxylation sites is 1. The number of ether oxygens (including phenoxy) is 4. The summed E-state index contributed by atoms with van der Waals surface area (Å²) in [4.78, 5) is 63.4. The summed E-state index contributed by atoms with van der Waals surface area (Å²) in [5.74, 6) is -1.66. The van der Waals surface area contributed by atoms with Gasteiger partial charge in [0.25, 0.3) is 0 Å². The molecule has 14 nitrogen and oxygen atoms in total. The van der Waals surface area contributed by atoms with Crippen molar-refractivity contribution in [2.45, 2.75) is 114 Å². The minimum Gasteiger partial charge on any atom is -0.508 e. The molecule has 7 rings (SSSR count). The fourth-order valence-electron chi connectivity index (χ4n) is 8.56. The van der Waals surface area contributed by atoms with Gasteiger partial charge in [0.05, 0.1) is 19.2 Å². The second-order valence-corrected chi connectivity index (χ2v) is 15.7. The first-order chi connectivity index (χ1) is 25.9. The summed E-state index contributed by atoms with van der Waals surface area (Å²) >= 11 is 0. The number of nitrogens with zero attached hydrogens (tertiary/aromatic N) is 2. The number of carbonyl (C=O) groups excluding carboxylic acids is 4. The van der Waals surface area contributed by atoms with Crippen LogP contribution in [0, 0.1) is 5.41 Å². The zero-order valence-electron chi connectivity index (χ0n) is 30.8. The molecule has 4 aliphatic heterocycles. The van der Waals surface area contributed by atoms with Gasteiger partial charge in [0.15, 0.2) is 6.04 Å². The van der Waals surface area contributed by atoms with Crippen molar-refractivity contribution in [3.05, 3.63) is 71.3 Å². The molecule has 4 heterocycles. The molecule has 5 aliphatic rings. The first-order valence-electron chi connectivity index (χ1n) is 18.7. The lowest BCUT2D eigenvalue weighted by molar-refractivity contribution is -0.204. The van der Waals surface area contributed by atoms with Crippen molar-refractivity contribution in [1.82, 2.24) is 15.3 Å². The van der Waals surface area contributed by atoms with Crippen LogP contribution in [0.15, 0.2) is 54.6 Å². The Labute approximate surface area is 314 Å². The Kier molecular flexibility index (Phi) is 10.8. The van der Waals surface area contributed by atoms with Crippen LogP contribution in [0.1, 0.15) is 69.6 Å². The molecule has 2 aromatic rings. The molecular weight excluding hydrogens is 698 g/mol. The maximum Gasteiger partial charge on any atom is 0.327 e. The number of rotatable bonds is 12. The van der Waals surface area contributed by atoms with Gasteiger partial charge in [0.2, 0.25) is 11.8 Å². The van der Waals surface area contributed by atoms with Gasteiger partial charge in [0.1, 0.15) is 54.0 Å². The van der Waals surface area contributed by atoms with Gasteiger partial charge in [-0.3, -0.25) is 24.0 Å². The van der Waals surface area contributed by atoms with Crippen LogP contribution >= 0.6 is 0 Å². The molecule has 5 fully saturated rings. The average Bonchev–Trinajstić information content (AvgIpc) is 3.89. The minimum absolute atomic E-state index is 0.000599. The highest BCUT2D eigenvalue weighted by atomic mass is 16.8. The van der Waals surface area contributed by atoms with E-state index < -0.39 is 83.9 Å². The van der Waals surface area contributed by atoms with Gasteiger partial charge < -0.3 is 39.4 Å². The third-order valence-corrected chi connectivity index (χ3v) is 11.0. The maximum atomic E-state index is 15.1. The maximum absolute atomic E-state index is 15.1. The van der Waals surface area contributed by atoms with Crippen LogP contribution in [-0.4, -0.2) is 112 Å². The number of phenols is 1. The van der Waals surface area contributed by atoms with E-state index in [1.165, 1.54) is 9.96 Å². The number of aliphatic hydroxyl groups is 1. The number of hydrogen-bond acceptors (Lipinski definition) is 12. The topological polar surface area (TPSA) is 173 Å².